The van der Waals surface area contributed by atoms with Crippen molar-refractivity contribution in [1.82, 2.24) is 5.32 Å². The highest BCUT2D eigenvalue weighted by molar-refractivity contribution is 5.43. The summed E-state index contributed by atoms with van der Waals surface area (Å²) in [5.41, 5.74) is 1.20. The third kappa shape index (κ3) is 3.85. The molecule has 106 valence electrons. The predicted octanol–water partition coefficient (Wildman–Crippen LogP) is 2.22. The van der Waals surface area contributed by atoms with Crippen LogP contribution in [0.3, 0.4) is 0 Å². The fourth-order valence-corrected chi connectivity index (χ4v) is 2.11. The van der Waals surface area contributed by atoms with Gasteiger partial charge in [-0.25, -0.2) is 0 Å². The van der Waals surface area contributed by atoms with Crippen molar-refractivity contribution < 1.29 is 14.2 Å². The molecular weight excluding hydrogens is 242 g/mol. The Morgan fingerprint density at radius 2 is 1.95 bits per heavy atom. The molecule has 0 spiro atoms. The van der Waals surface area contributed by atoms with Gasteiger partial charge >= 0.3 is 0 Å². The molecular formula is C15H23NO3. The largest absolute Gasteiger partial charge is 0.486 e. The first kappa shape index (κ1) is 14.2. The molecule has 0 saturated heterocycles. The van der Waals surface area contributed by atoms with Crippen LogP contribution in [-0.2, 0) is 11.3 Å². The Bertz CT molecular complexity index is 406. The lowest BCUT2D eigenvalue weighted by Crippen LogP contribution is -2.37. The number of hydrogen-bond donors (Lipinski definition) is 1. The van der Waals surface area contributed by atoms with Crippen molar-refractivity contribution in [3.8, 4) is 11.5 Å². The Morgan fingerprint density at radius 3 is 2.63 bits per heavy atom. The van der Waals surface area contributed by atoms with Crippen molar-refractivity contribution in [1.29, 1.82) is 0 Å². The van der Waals surface area contributed by atoms with E-state index in [4.69, 9.17) is 14.2 Å². The molecule has 1 aliphatic rings. The quantitative estimate of drug-likeness (QED) is 0.856. The van der Waals surface area contributed by atoms with Gasteiger partial charge in [0, 0.05) is 19.7 Å². The van der Waals surface area contributed by atoms with Crippen LogP contribution in [0.4, 0.5) is 0 Å². The molecule has 2 rings (SSSR count). The van der Waals surface area contributed by atoms with E-state index in [1.807, 2.05) is 12.1 Å². The van der Waals surface area contributed by atoms with Crippen LogP contribution in [-0.4, -0.2) is 33.0 Å². The molecule has 0 fully saturated rings. The van der Waals surface area contributed by atoms with E-state index in [9.17, 15) is 0 Å². The number of fused-ring (bicyclic) bond motifs is 1. The maximum atomic E-state index is 5.59. The number of hydrogen-bond acceptors (Lipinski definition) is 4. The molecule has 0 amide bonds. The van der Waals surface area contributed by atoms with Crippen LogP contribution in [0.15, 0.2) is 18.2 Å². The monoisotopic (exact) mass is 265 g/mol. The maximum Gasteiger partial charge on any atom is 0.161 e. The van der Waals surface area contributed by atoms with Gasteiger partial charge in [0.05, 0.1) is 6.61 Å². The van der Waals surface area contributed by atoms with Crippen molar-refractivity contribution in [2.75, 3.05) is 26.9 Å². The zero-order valence-electron chi connectivity index (χ0n) is 11.9. The van der Waals surface area contributed by atoms with Crippen LogP contribution in [0, 0.1) is 5.92 Å². The normalized spacial score (nSPS) is 15.6. The maximum absolute atomic E-state index is 5.59. The summed E-state index contributed by atoms with van der Waals surface area (Å²) in [6, 6.07) is 6.46. The van der Waals surface area contributed by atoms with E-state index in [-0.39, 0.29) is 0 Å². The molecule has 1 heterocycles. The second kappa shape index (κ2) is 6.78. The van der Waals surface area contributed by atoms with Crippen molar-refractivity contribution in [2.45, 2.75) is 26.4 Å². The summed E-state index contributed by atoms with van der Waals surface area (Å²) in [5.74, 6) is 2.22. The Labute approximate surface area is 115 Å². The van der Waals surface area contributed by atoms with Gasteiger partial charge in [-0.05, 0) is 23.6 Å². The van der Waals surface area contributed by atoms with Gasteiger partial charge in [-0.2, -0.15) is 0 Å². The molecule has 0 aromatic heterocycles. The minimum Gasteiger partial charge on any atom is -0.486 e. The van der Waals surface area contributed by atoms with E-state index >= 15 is 0 Å². The van der Waals surface area contributed by atoms with Gasteiger partial charge in [-0.1, -0.05) is 19.9 Å². The summed E-state index contributed by atoms with van der Waals surface area (Å²) in [4.78, 5) is 0. The average molecular weight is 265 g/mol. The van der Waals surface area contributed by atoms with Crippen molar-refractivity contribution >= 4 is 0 Å². The zero-order chi connectivity index (χ0) is 13.7. The Morgan fingerprint density at radius 1 is 1.21 bits per heavy atom. The minimum absolute atomic E-state index is 0.359. The second-order valence-corrected chi connectivity index (χ2v) is 5.16. The van der Waals surface area contributed by atoms with Crippen molar-refractivity contribution in [2.24, 2.45) is 5.92 Å². The first-order valence-corrected chi connectivity index (χ1v) is 6.81. The predicted molar refractivity (Wildman–Crippen MR) is 74.8 cm³/mol. The molecule has 4 nitrogen and oxygen atoms in total. The van der Waals surface area contributed by atoms with E-state index in [0.29, 0.717) is 25.2 Å². The molecule has 0 saturated carbocycles. The lowest BCUT2D eigenvalue weighted by Gasteiger charge is -2.22. The molecule has 1 unspecified atom stereocenters. The molecule has 4 heteroatoms. The molecule has 1 aromatic rings. The van der Waals surface area contributed by atoms with Crippen LogP contribution in [0.25, 0.3) is 0 Å². The standard InChI is InChI=1S/C15H23NO3/c1-11(2)13(10-17-3)16-9-12-4-5-14-15(8-12)19-7-6-18-14/h4-5,8,11,13,16H,6-7,9-10H2,1-3H3. The molecule has 0 aliphatic carbocycles. The van der Waals surface area contributed by atoms with Gasteiger partial charge in [0.1, 0.15) is 13.2 Å². The van der Waals surface area contributed by atoms with E-state index in [1.54, 1.807) is 7.11 Å². The van der Waals surface area contributed by atoms with Crippen LogP contribution < -0.4 is 14.8 Å². The Hall–Kier alpha value is -1.26. The Kier molecular flexibility index (Phi) is 5.05. The first-order valence-electron chi connectivity index (χ1n) is 6.81. The topological polar surface area (TPSA) is 39.7 Å². The van der Waals surface area contributed by atoms with Crippen LogP contribution >= 0.6 is 0 Å². The summed E-state index contributed by atoms with van der Waals surface area (Å²) in [6.45, 7) is 7.18. The smallest absolute Gasteiger partial charge is 0.161 e. The van der Waals surface area contributed by atoms with Gasteiger partial charge in [-0.3, -0.25) is 0 Å². The highest BCUT2D eigenvalue weighted by atomic mass is 16.6. The second-order valence-electron chi connectivity index (χ2n) is 5.16. The first-order chi connectivity index (χ1) is 9.20. The number of methoxy groups -OCH3 is 1. The minimum atomic E-state index is 0.359. The molecule has 19 heavy (non-hydrogen) atoms. The van der Waals surface area contributed by atoms with Crippen LogP contribution in [0.2, 0.25) is 0 Å². The van der Waals surface area contributed by atoms with Gasteiger partial charge in [0.2, 0.25) is 0 Å². The summed E-state index contributed by atoms with van der Waals surface area (Å²) in [5, 5.41) is 3.52. The summed E-state index contributed by atoms with van der Waals surface area (Å²) < 4.78 is 16.3. The summed E-state index contributed by atoms with van der Waals surface area (Å²) >= 11 is 0. The van der Waals surface area contributed by atoms with Gasteiger partial charge in [-0.15, -0.1) is 0 Å². The van der Waals surface area contributed by atoms with E-state index in [1.165, 1.54) is 5.56 Å². The molecule has 1 aliphatic heterocycles. The highest BCUT2D eigenvalue weighted by Crippen LogP contribution is 2.30. The lowest BCUT2D eigenvalue weighted by atomic mass is 10.0. The van der Waals surface area contributed by atoms with Gasteiger partial charge < -0.3 is 19.5 Å². The Balaban J connectivity index is 1.95. The summed E-state index contributed by atoms with van der Waals surface area (Å²) in [6.07, 6.45) is 0. The van der Waals surface area contributed by atoms with Crippen molar-refractivity contribution in [3.05, 3.63) is 23.8 Å². The number of ether oxygens (including phenoxy) is 3. The fraction of sp³-hybridized carbons (Fsp3) is 0.600. The van der Waals surface area contributed by atoms with Crippen molar-refractivity contribution in [3.63, 3.8) is 0 Å². The molecule has 1 aromatic carbocycles. The molecule has 0 radical (unpaired) electrons. The molecule has 1 N–H and O–H groups in total. The van der Waals surface area contributed by atoms with Gasteiger partial charge in [0.25, 0.3) is 0 Å². The lowest BCUT2D eigenvalue weighted by molar-refractivity contribution is 0.146. The molecule has 1 atom stereocenters. The molecule has 0 bridgehead atoms. The van der Waals surface area contributed by atoms with Crippen LogP contribution in [0.5, 0.6) is 11.5 Å². The fourth-order valence-electron chi connectivity index (χ4n) is 2.11. The van der Waals surface area contributed by atoms with Gasteiger partial charge in [0.15, 0.2) is 11.5 Å². The van der Waals surface area contributed by atoms with E-state index in [0.717, 1.165) is 24.7 Å². The number of benzene rings is 1. The average Bonchev–Trinajstić information content (AvgIpc) is 2.43. The van der Waals surface area contributed by atoms with Crippen LogP contribution in [0.1, 0.15) is 19.4 Å². The van der Waals surface area contributed by atoms with E-state index in [2.05, 4.69) is 25.2 Å². The third-order valence-electron chi connectivity index (χ3n) is 3.33. The zero-order valence-corrected chi connectivity index (χ0v) is 11.9. The third-order valence-corrected chi connectivity index (χ3v) is 3.33. The SMILES string of the molecule is COCC(NCc1ccc2c(c1)OCCO2)C(C)C. The highest BCUT2D eigenvalue weighted by Gasteiger charge is 2.14. The number of rotatable bonds is 6. The number of nitrogens with one attached hydrogen (secondary N) is 1. The van der Waals surface area contributed by atoms with E-state index < -0.39 is 0 Å². The summed E-state index contributed by atoms with van der Waals surface area (Å²) in [7, 11) is 1.74.